The van der Waals surface area contributed by atoms with Gasteiger partial charge in [-0.1, -0.05) is 19.1 Å². The van der Waals surface area contributed by atoms with Crippen molar-refractivity contribution in [2.75, 3.05) is 13.2 Å². The van der Waals surface area contributed by atoms with Crippen LogP contribution in [-0.4, -0.2) is 28.4 Å². The van der Waals surface area contributed by atoms with E-state index in [1.54, 1.807) is 0 Å². The Morgan fingerprint density at radius 3 is 2.93 bits per heavy atom. The Hall–Kier alpha value is -2.66. The Morgan fingerprint density at radius 1 is 1.22 bits per heavy atom. The third kappa shape index (κ3) is 3.60. The molecule has 27 heavy (non-hydrogen) atoms. The predicted octanol–water partition coefficient (Wildman–Crippen LogP) is 3.79. The Bertz CT molecular complexity index is 991. The predicted molar refractivity (Wildman–Crippen MR) is 104 cm³/mol. The minimum atomic E-state index is 0.0976. The molecule has 5 nitrogen and oxygen atoms in total. The lowest BCUT2D eigenvalue weighted by molar-refractivity contribution is 0.0988. The maximum absolute atomic E-state index is 12.9. The molecule has 0 saturated heterocycles. The molecule has 1 aromatic carbocycles. The van der Waals surface area contributed by atoms with Crippen LogP contribution < -0.4 is 4.74 Å². The molecule has 0 N–H and O–H groups in total. The first-order chi connectivity index (χ1) is 13.2. The van der Waals surface area contributed by atoms with Crippen molar-refractivity contribution in [2.24, 2.45) is 0 Å². The number of hydrogen-bond donors (Lipinski definition) is 0. The highest BCUT2D eigenvalue weighted by Gasteiger charge is 2.16. The fourth-order valence-electron chi connectivity index (χ4n) is 3.52. The highest BCUT2D eigenvalue weighted by atomic mass is 16.5. The number of fused-ring (bicyclic) bond motifs is 2. The average molecular weight is 364 g/mol. The highest BCUT2D eigenvalue weighted by Crippen LogP contribution is 2.25. The van der Waals surface area contributed by atoms with Gasteiger partial charge in [0.15, 0.2) is 5.78 Å². The van der Waals surface area contributed by atoms with Gasteiger partial charge in [-0.2, -0.15) is 0 Å². The summed E-state index contributed by atoms with van der Waals surface area (Å²) in [5.41, 5.74) is 5.90. The van der Waals surface area contributed by atoms with Crippen molar-refractivity contribution in [3.8, 4) is 5.75 Å². The fraction of sp³-hybridized carbons (Fsp3) is 0.364. The molecule has 0 aliphatic carbocycles. The van der Waals surface area contributed by atoms with E-state index in [1.807, 2.05) is 48.0 Å². The molecular formula is C22H24N2O3. The third-order valence-corrected chi connectivity index (χ3v) is 5.00. The van der Waals surface area contributed by atoms with E-state index < -0.39 is 0 Å². The molecular weight excluding hydrogens is 340 g/mol. The van der Waals surface area contributed by atoms with Crippen molar-refractivity contribution in [1.82, 2.24) is 9.38 Å². The van der Waals surface area contributed by atoms with Crippen LogP contribution in [0, 0.1) is 0 Å². The molecule has 0 bridgehead atoms. The number of pyridine rings is 1. The van der Waals surface area contributed by atoms with E-state index in [2.05, 4.69) is 11.9 Å². The van der Waals surface area contributed by atoms with Gasteiger partial charge in [-0.15, -0.1) is 0 Å². The molecule has 3 aromatic rings. The lowest BCUT2D eigenvalue weighted by Crippen LogP contribution is -2.12. The number of ether oxygens (including phenoxy) is 2. The van der Waals surface area contributed by atoms with Gasteiger partial charge in [0.2, 0.25) is 0 Å². The van der Waals surface area contributed by atoms with Crippen molar-refractivity contribution >= 4 is 11.4 Å². The monoisotopic (exact) mass is 364 g/mol. The van der Waals surface area contributed by atoms with Gasteiger partial charge in [0.25, 0.3) is 0 Å². The second-order valence-electron chi connectivity index (χ2n) is 6.83. The summed E-state index contributed by atoms with van der Waals surface area (Å²) >= 11 is 0. The zero-order valence-corrected chi connectivity index (χ0v) is 15.8. The smallest absolute Gasteiger partial charge is 0.167 e. The van der Waals surface area contributed by atoms with Crippen molar-refractivity contribution in [1.29, 1.82) is 0 Å². The van der Waals surface area contributed by atoms with Crippen LogP contribution in [0.5, 0.6) is 5.75 Å². The molecule has 2 aromatic heterocycles. The van der Waals surface area contributed by atoms with Crippen molar-refractivity contribution in [2.45, 2.75) is 39.7 Å². The number of hydrogen-bond acceptors (Lipinski definition) is 4. The molecule has 0 fully saturated rings. The summed E-state index contributed by atoms with van der Waals surface area (Å²) in [4.78, 5) is 17.5. The third-order valence-electron chi connectivity index (χ3n) is 5.00. The number of nitrogens with zero attached hydrogens (tertiary/aromatic N) is 2. The minimum absolute atomic E-state index is 0.0976. The standard InChI is InChI=1S/C22H24N2O3/c1-3-19-13-24-12-18(21(27-4-2)11-22(24)23-19)10-20(25)16-5-6-17-14-26-8-7-15(17)9-16/h5-6,9,11-13H,3-4,7-8,10,14H2,1-2H3. The number of ketones is 1. The zero-order chi connectivity index (χ0) is 18.8. The van der Waals surface area contributed by atoms with Crippen LogP contribution >= 0.6 is 0 Å². The van der Waals surface area contributed by atoms with Gasteiger partial charge >= 0.3 is 0 Å². The summed E-state index contributed by atoms with van der Waals surface area (Å²) in [7, 11) is 0. The molecule has 0 unspecified atom stereocenters. The summed E-state index contributed by atoms with van der Waals surface area (Å²) in [6.45, 7) is 5.93. The number of Topliss-reactive ketones (excluding diaryl/α,β-unsaturated/α-hetero) is 1. The van der Waals surface area contributed by atoms with E-state index in [1.165, 1.54) is 11.1 Å². The lowest BCUT2D eigenvalue weighted by Gasteiger charge is -2.17. The maximum Gasteiger partial charge on any atom is 0.167 e. The number of rotatable bonds is 6. The number of aromatic nitrogens is 2. The van der Waals surface area contributed by atoms with Crippen LogP contribution in [0.4, 0.5) is 0 Å². The van der Waals surface area contributed by atoms with E-state index in [9.17, 15) is 4.79 Å². The van der Waals surface area contributed by atoms with Crippen LogP contribution in [-0.2, 0) is 30.6 Å². The summed E-state index contributed by atoms with van der Waals surface area (Å²) in [5.74, 6) is 0.832. The topological polar surface area (TPSA) is 52.8 Å². The van der Waals surface area contributed by atoms with E-state index in [4.69, 9.17) is 9.47 Å². The Morgan fingerprint density at radius 2 is 2.11 bits per heavy atom. The summed E-state index contributed by atoms with van der Waals surface area (Å²) in [5, 5.41) is 0. The molecule has 0 amide bonds. The summed E-state index contributed by atoms with van der Waals surface area (Å²) in [6.07, 6.45) is 6.02. The number of carbonyl (C=O) groups excluding carboxylic acids is 1. The van der Waals surface area contributed by atoms with E-state index in [-0.39, 0.29) is 5.78 Å². The van der Waals surface area contributed by atoms with Crippen molar-refractivity contribution in [3.05, 3.63) is 64.6 Å². The number of benzene rings is 1. The molecule has 3 heterocycles. The number of imidazole rings is 1. The fourth-order valence-corrected chi connectivity index (χ4v) is 3.52. The lowest BCUT2D eigenvalue weighted by atomic mass is 9.96. The van der Waals surface area contributed by atoms with Gasteiger partial charge in [-0.3, -0.25) is 4.79 Å². The highest BCUT2D eigenvalue weighted by molar-refractivity contribution is 5.98. The van der Waals surface area contributed by atoms with Gasteiger partial charge in [0.1, 0.15) is 11.4 Å². The van der Waals surface area contributed by atoms with Crippen LogP contribution in [0.15, 0.2) is 36.7 Å². The van der Waals surface area contributed by atoms with Crippen molar-refractivity contribution < 1.29 is 14.3 Å². The first kappa shape index (κ1) is 17.7. The Kier molecular flexibility index (Phi) is 4.94. The van der Waals surface area contributed by atoms with Gasteiger partial charge < -0.3 is 13.9 Å². The molecule has 0 radical (unpaired) electrons. The van der Waals surface area contributed by atoms with Crippen LogP contribution in [0.2, 0.25) is 0 Å². The molecule has 5 heteroatoms. The second-order valence-corrected chi connectivity index (χ2v) is 6.83. The van der Waals surface area contributed by atoms with Gasteiger partial charge in [-0.25, -0.2) is 4.98 Å². The summed E-state index contributed by atoms with van der Waals surface area (Å²) in [6, 6.07) is 7.86. The average Bonchev–Trinajstić information content (AvgIpc) is 3.10. The molecule has 0 spiro atoms. The van der Waals surface area contributed by atoms with Gasteiger partial charge in [-0.05, 0) is 37.0 Å². The first-order valence-electron chi connectivity index (χ1n) is 9.54. The molecule has 1 aliphatic rings. The molecule has 0 saturated carbocycles. The minimum Gasteiger partial charge on any atom is -0.493 e. The zero-order valence-electron chi connectivity index (χ0n) is 15.8. The SMILES string of the molecule is CCOc1cc2nc(CC)cn2cc1CC(=O)c1ccc2c(c1)CCOC2. The molecule has 1 aliphatic heterocycles. The van der Waals surface area contributed by atoms with Crippen LogP contribution in [0.3, 0.4) is 0 Å². The number of aryl methyl sites for hydroxylation is 1. The molecule has 4 rings (SSSR count). The van der Waals surface area contributed by atoms with E-state index in [0.29, 0.717) is 19.6 Å². The second kappa shape index (κ2) is 7.53. The molecule has 0 atom stereocenters. The molecule has 140 valence electrons. The van der Waals surface area contributed by atoms with Crippen LogP contribution in [0.25, 0.3) is 5.65 Å². The normalized spacial score (nSPS) is 13.6. The Balaban J connectivity index is 1.65. The van der Waals surface area contributed by atoms with Gasteiger partial charge in [0.05, 0.1) is 25.5 Å². The quantitative estimate of drug-likeness (QED) is 0.625. The van der Waals surface area contributed by atoms with Gasteiger partial charge in [0, 0.05) is 36.0 Å². The maximum atomic E-state index is 12.9. The first-order valence-corrected chi connectivity index (χ1v) is 9.54. The largest absolute Gasteiger partial charge is 0.493 e. The number of carbonyl (C=O) groups is 1. The van der Waals surface area contributed by atoms with Crippen LogP contribution in [0.1, 0.15) is 46.6 Å². The summed E-state index contributed by atoms with van der Waals surface area (Å²) < 4.78 is 13.3. The van der Waals surface area contributed by atoms with Crippen molar-refractivity contribution in [3.63, 3.8) is 0 Å². The Labute approximate surface area is 158 Å². The van der Waals surface area contributed by atoms with E-state index >= 15 is 0 Å². The van der Waals surface area contributed by atoms with E-state index in [0.717, 1.165) is 47.7 Å².